The van der Waals surface area contributed by atoms with E-state index in [-0.39, 0.29) is 5.76 Å². The summed E-state index contributed by atoms with van der Waals surface area (Å²) in [5, 5.41) is 17.4. The summed E-state index contributed by atoms with van der Waals surface area (Å²) >= 11 is 5.45. The van der Waals surface area contributed by atoms with Crippen LogP contribution in [-0.4, -0.2) is 24.9 Å². The van der Waals surface area contributed by atoms with Gasteiger partial charge in [0.25, 0.3) is 0 Å². The highest BCUT2D eigenvalue weighted by Gasteiger charge is 2.18. The first kappa shape index (κ1) is 12.6. The normalized spacial score (nSPS) is 12.4. The molecule has 0 saturated carbocycles. The summed E-state index contributed by atoms with van der Waals surface area (Å²) in [6, 6.07) is 9.07. The number of H-pyrrole nitrogens is 1. The zero-order valence-electron chi connectivity index (χ0n) is 10.5. The van der Waals surface area contributed by atoms with Gasteiger partial charge in [0.1, 0.15) is 16.4 Å². The molecule has 20 heavy (non-hydrogen) atoms. The fourth-order valence-corrected chi connectivity index (χ4v) is 2.48. The highest BCUT2D eigenvalue weighted by molar-refractivity contribution is 7.71. The van der Waals surface area contributed by atoms with E-state index in [1.165, 1.54) is 0 Å². The number of nitrogens with one attached hydrogen (secondary N) is 1. The number of allylic oxidation sites excluding steroid dienone is 1. The molecule has 0 radical (unpaired) electrons. The van der Waals surface area contributed by atoms with Crippen molar-refractivity contribution in [2.45, 2.75) is 6.04 Å². The fraction of sp³-hybridized carbons (Fsp3) is 0.0714. The Morgan fingerprint density at radius 1 is 1.35 bits per heavy atom. The summed E-state index contributed by atoms with van der Waals surface area (Å²) in [7, 11) is 0. The van der Waals surface area contributed by atoms with E-state index in [0.717, 1.165) is 10.9 Å². The van der Waals surface area contributed by atoms with Gasteiger partial charge < -0.3 is 9.67 Å². The Morgan fingerprint density at radius 2 is 2.10 bits per heavy atom. The summed E-state index contributed by atoms with van der Waals surface area (Å²) in [5.41, 5.74) is 1.52. The van der Waals surface area contributed by atoms with Crippen molar-refractivity contribution in [1.29, 1.82) is 0 Å². The Morgan fingerprint density at radius 3 is 2.80 bits per heavy atom. The van der Waals surface area contributed by atoms with Crippen LogP contribution in [0.4, 0.5) is 0 Å². The van der Waals surface area contributed by atoms with Crippen molar-refractivity contribution in [3.05, 3.63) is 65.4 Å². The molecule has 5 nitrogen and oxygen atoms in total. The van der Waals surface area contributed by atoms with Gasteiger partial charge in [-0.1, -0.05) is 49.1 Å². The van der Waals surface area contributed by atoms with E-state index in [1.807, 2.05) is 30.3 Å². The largest absolute Gasteiger partial charge is 0.510 e. The summed E-state index contributed by atoms with van der Waals surface area (Å²) in [4.78, 5) is 4.26. The molecule has 0 aliphatic heterocycles. The Hall–Kier alpha value is -2.47. The van der Waals surface area contributed by atoms with Gasteiger partial charge in [-0.25, -0.2) is 4.98 Å². The topological polar surface area (TPSA) is 66.7 Å². The molecule has 6 heteroatoms. The minimum absolute atomic E-state index is 0.0111. The van der Waals surface area contributed by atoms with Crippen LogP contribution >= 0.6 is 12.2 Å². The molecule has 0 aliphatic rings. The van der Waals surface area contributed by atoms with Crippen molar-refractivity contribution in [3.8, 4) is 0 Å². The Balaban J connectivity index is 2.23. The Labute approximate surface area is 120 Å². The summed E-state index contributed by atoms with van der Waals surface area (Å²) < 4.78 is 2.26. The van der Waals surface area contributed by atoms with Crippen LogP contribution in [0.5, 0.6) is 0 Å². The molecule has 1 atom stereocenters. The number of hydrogen-bond acceptors (Lipinski definition) is 4. The Bertz CT molecular complexity index is 822. The van der Waals surface area contributed by atoms with E-state index in [0.29, 0.717) is 10.3 Å². The quantitative estimate of drug-likeness (QED) is 0.572. The first-order valence-electron chi connectivity index (χ1n) is 6.01. The minimum Gasteiger partial charge on any atom is -0.510 e. The number of aliphatic hydroxyl groups excluding tert-OH is 1. The summed E-state index contributed by atoms with van der Waals surface area (Å²) in [5.74, 6) is 0.0111. The molecule has 0 bridgehead atoms. The van der Waals surface area contributed by atoms with Crippen molar-refractivity contribution >= 4 is 23.3 Å². The van der Waals surface area contributed by atoms with Gasteiger partial charge in [-0.3, -0.25) is 5.10 Å². The molecule has 1 unspecified atom stereocenters. The van der Waals surface area contributed by atoms with Crippen molar-refractivity contribution in [1.82, 2.24) is 19.7 Å². The highest BCUT2D eigenvalue weighted by atomic mass is 32.1. The third kappa shape index (κ3) is 2.00. The molecule has 0 saturated heterocycles. The van der Waals surface area contributed by atoms with Crippen LogP contribution in [0.2, 0.25) is 0 Å². The van der Waals surface area contributed by atoms with Gasteiger partial charge in [0.05, 0.1) is 17.9 Å². The van der Waals surface area contributed by atoms with Gasteiger partial charge in [0.2, 0.25) is 0 Å². The van der Waals surface area contributed by atoms with E-state index in [9.17, 15) is 5.11 Å². The molecule has 2 aromatic heterocycles. The van der Waals surface area contributed by atoms with Gasteiger partial charge >= 0.3 is 0 Å². The molecule has 2 heterocycles. The molecule has 2 N–H and O–H groups in total. The zero-order valence-corrected chi connectivity index (χ0v) is 11.3. The van der Waals surface area contributed by atoms with E-state index in [4.69, 9.17) is 12.2 Å². The van der Waals surface area contributed by atoms with Crippen LogP contribution in [0.3, 0.4) is 0 Å². The molecule has 1 aromatic carbocycles. The second-order valence-electron chi connectivity index (χ2n) is 4.39. The molecular formula is C14H12N4OS. The molecule has 0 fully saturated rings. The maximum absolute atomic E-state index is 9.95. The fourth-order valence-electron chi connectivity index (χ4n) is 2.18. The first-order chi connectivity index (χ1) is 9.68. The lowest BCUT2D eigenvalue weighted by atomic mass is 10.1. The highest BCUT2D eigenvalue weighted by Crippen LogP contribution is 2.25. The average molecular weight is 284 g/mol. The van der Waals surface area contributed by atoms with Gasteiger partial charge in [-0.2, -0.15) is 5.10 Å². The third-order valence-corrected chi connectivity index (χ3v) is 3.54. The lowest BCUT2D eigenvalue weighted by Gasteiger charge is -2.19. The van der Waals surface area contributed by atoms with Crippen LogP contribution < -0.4 is 0 Å². The first-order valence-corrected chi connectivity index (χ1v) is 6.42. The van der Waals surface area contributed by atoms with E-state index in [1.54, 1.807) is 17.1 Å². The summed E-state index contributed by atoms with van der Waals surface area (Å²) in [6.45, 7) is 3.65. The maximum atomic E-state index is 9.95. The average Bonchev–Trinajstić information content (AvgIpc) is 2.92. The number of rotatable bonds is 3. The standard InChI is InChI=1S/C14H12N4OS/c1-9(19)12(10-5-3-2-4-6-10)18-8-15-13-11(14(18)20)7-16-17-13/h2-8,12,19H,1H2,(H,16,17). The van der Waals surface area contributed by atoms with Gasteiger partial charge in [-0.05, 0) is 5.56 Å². The molecule has 3 rings (SSSR count). The van der Waals surface area contributed by atoms with E-state index in [2.05, 4.69) is 21.8 Å². The predicted octanol–water partition coefficient (Wildman–Crippen LogP) is 3.15. The SMILES string of the molecule is C=C(O)C(c1ccccc1)n1cnc2[nH]ncc2c1=S. The number of aromatic nitrogens is 4. The van der Waals surface area contributed by atoms with Crippen LogP contribution in [0.25, 0.3) is 11.0 Å². The van der Waals surface area contributed by atoms with Gasteiger partial charge in [-0.15, -0.1) is 0 Å². The molecule has 3 aromatic rings. The van der Waals surface area contributed by atoms with Crippen LogP contribution in [0, 0.1) is 4.64 Å². The number of nitrogens with zero attached hydrogens (tertiary/aromatic N) is 3. The van der Waals surface area contributed by atoms with Crippen molar-refractivity contribution in [2.75, 3.05) is 0 Å². The van der Waals surface area contributed by atoms with Crippen molar-refractivity contribution < 1.29 is 5.11 Å². The summed E-state index contributed by atoms with van der Waals surface area (Å²) in [6.07, 6.45) is 3.21. The lowest BCUT2D eigenvalue weighted by Crippen LogP contribution is -2.14. The lowest BCUT2D eigenvalue weighted by molar-refractivity contribution is 0.350. The molecular weight excluding hydrogens is 272 g/mol. The molecule has 0 aliphatic carbocycles. The van der Waals surface area contributed by atoms with Crippen molar-refractivity contribution in [2.24, 2.45) is 0 Å². The molecule has 0 amide bonds. The third-order valence-electron chi connectivity index (χ3n) is 3.10. The van der Waals surface area contributed by atoms with E-state index < -0.39 is 6.04 Å². The van der Waals surface area contributed by atoms with Crippen molar-refractivity contribution in [3.63, 3.8) is 0 Å². The van der Waals surface area contributed by atoms with Crippen LogP contribution in [0.15, 0.2) is 55.2 Å². The number of aromatic amines is 1. The maximum Gasteiger partial charge on any atom is 0.159 e. The predicted molar refractivity (Wildman–Crippen MR) is 79.1 cm³/mol. The van der Waals surface area contributed by atoms with Gasteiger partial charge in [0, 0.05) is 0 Å². The number of aliphatic hydroxyl groups is 1. The zero-order chi connectivity index (χ0) is 14.1. The monoisotopic (exact) mass is 284 g/mol. The molecule has 100 valence electrons. The number of hydrogen-bond donors (Lipinski definition) is 2. The van der Waals surface area contributed by atoms with Crippen LogP contribution in [-0.2, 0) is 0 Å². The number of benzene rings is 1. The second-order valence-corrected chi connectivity index (χ2v) is 4.78. The van der Waals surface area contributed by atoms with Crippen LogP contribution in [0.1, 0.15) is 11.6 Å². The second kappa shape index (κ2) is 4.90. The van der Waals surface area contributed by atoms with E-state index >= 15 is 0 Å². The minimum atomic E-state index is -0.463. The number of fused-ring (bicyclic) bond motifs is 1. The smallest absolute Gasteiger partial charge is 0.159 e. The van der Waals surface area contributed by atoms with Gasteiger partial charge in [0.15, 0.2) is 5.65 Å². The Kier molecular flexibility index (Phi) is 3.08. The molecule has 0 spiro atoms.